The predicted octanol–water partition coefficient (Wildman–Crippen LogP) is 5.34. The van der Waals surface area contributed by atoms with Crippen molar-refractivity contribution in [1.82, 2.24) is 9.97 Å². The molecule has 1 N–H and O–H groups in total. The first-order valence-electron chi connectivity index (χ1n) is 10.3. The Morgan fingerprint density at radius 1 is 0.900 bits per heavy atom. The number of aromatic amines is 1. The molecule has 0 saturated heterocycles. The highest BCUT2D eigenvalue weighted by molar-refractivity contribution is 6.85. The van der Waals surface area contributed by atoms with Crippen molar-refractivity contribution in [1.29, 1.82) is 0 Å². The van der Waals surface area contributed by atoms with Crippen LogP contribution in [0.5, 0.6) is 0 Å². The Bertz CT molecular complexity index is 816. The lowest BCUT2D eigenvalue weighted by Gasteiger charge is -2.13. The molecule has 0 radical (unpaired) electrons. The Hall–Kier alpha value is -2.76. The monoisotopic (exact) mass is 412 g/mol. The third kappa shape index (κ3) is 7.93. The Balaban J connectivity index is 0.000000297. The topological polar surface area (TPSA) is 28.7 Å². The number of allylic oxidation sites excluding steroid dienone is 2. The molecule has 0 bridgehead atoms. The molecule has 0 amide bonds. The number of nitrogens with zero attached hydrogens (tertiary/aromatic N) is 1. The van der Waals surface area contributed by atoms with E-state index in [1.165, 1.54) is 17.5 Å². The summed E-state index contributed by atoms with van der Waals surface area (Å²) in [5.41, 5.74) is 4.74. The van der Waals surface area contributed by atoms with Crippen molar-refractivity contribution in [2.45, 2.75) is 45.6 Å². The number of H-pyrrole nitrogens is 1. The van der Waals surface area contributed by atoms with Crippen LogP contribution in [0, 0.1) is 0 Å². The van der Waals surface area contributed by atoms with Gasteiger partial charge in [-0.2, -0.15) is 13.2 Å². The van der Waals surface area contributed by atoms with Crippen LogP contribution in [0.2, 0.25) is 6.32 Å². The first-order valence-corrected chi connectivity index (χ1v) is 10.3. The van der Waals surface area contributed by atoms with Gasteiger partial charge in [0.05, 0.1) is 12.0 Å². The predicted molar refractivity (Wildman–Crippen MR) is 120 cm³/mol. The highest BCUT2D eigenvalue weighted by atomic mass is 19.4. The van der Waals surface area contributed by atoms with Crippen LogP contribution in [0.3, 0.4) is 0 Å². The summed E-state index contributed by atoms with van der Waals surface area (Å²) in [6.45, 7) is 4.37. The normalized spacial score (nSPS) is 11.2. The van der Waals surface area contributed by atoms with E-state index in [-0.39, 0.29) is 6.71 Å². The summed E-state index contributed by atoms with van der Waals surface area (Å²) >= 11 is 0. The van der Waals surface area contributed by atoms with Crippen molar-refractivity contribution < 1.29 is 13.2 Å². The summed E-state index contributed by atoms with van der Waals surface area (Å²) < 4.78 is 36.4. The number of hydrogen-bond donors (Lipinski definition) is 1. The van der Waals surface area contributed by atoms with Crippen molar-refractivity contribution in [3.63, 3.8) is 0 Å². The van der Waals surface area contributed by atoms with E-state index in [2.05, 4.69) is 23.8 Å². The summed E-state index contributed by atoms with van der Waals surface area (Å²) in [5.74, 6) is 0. The fourth-order valence-electron chi connectivity index (χ4n) is 3.34. The molecule has 6 heteroatoms. The molecule has 2 aromatic carbocycles. The molecule has 0 aliphatic rings. The van der Waals surface area contributed by atoms with Gasteiger partial charge in [0.2, 0.25) is 6.71 Å². The van der Waals surface area contributed by atoms with Crippen LogP contribution in [0.1, 0.15) is 31.7 Å². The molecule has 0 saturated carbocycles. The quantitative estimate of drug-likeness (QED) is 0.412. The molecule has 0 unspecified atom stereocenters. The minimum absolute atomic E-state index is 0.116. The minimum Gasteiger partial charge on any atom is -0.348 e. The number of halogens is 3. The van der Waals surface area contributed by atoms with E-state index < -0.39 is 6.18 Å². The lowest BCUT2D eigenvalue weighted by atomic mass is 9.38. The molecule has 3 rings (SSSR count). The van der Waals surface area contributed by atoms with Crippen LogP contribution in [-0.4, -0.2) is 22.9 Å². The highest BCUT2D eigenvalue weighted by Gasteiger charge is 2.22. The average Bonchev–Trinajstić information content (AvgIpc) is 3.23. The summed E-state index contributed by atoms with van der Waals surface area (Å²) in [4.78, 5) is 7.25. The number of nitrogens with one attached hydrogen (secondary N) is 1. The van der Waals surface area contributed by atoms with Crippen LogP contribution in [0.4, 0.5) is 13.2 Å². The zero-order valence-corrected chi connectivity index (χ0v) is 17.5. The van der Waals surface area contributed by atoms with Gasteiger partial charge in [-0.15, -0.1) is 0 Å². The molecule has 3 aromatic rings. The van der Waals surface area contributed by atoms with Crippen LogP contribution in [0.25, 0.3) is 0 Å². The van der Waals surface area contributed by atoms with Gasteiger partial charge in [0.1, 0.15) is 0 Å². The van der Waals surface area contributed by atoms with E-state index in [0.717, 1.165) is 23.8 Å². The Morgan fingerprint density at radius 3 is 1.90 bits per heavy atom. The second kappa shape index (κ2) is 12.1. The van der Waals surface area contributed by atoms with Gasteiger partial charge in [-0.25, -0.2) is 4.98 Å². The maximum atomic E-state index is 12.1. The van der Waals surface area contributed by atoms with Crippen molar-refractivity contribution in [3.05, 3.63) is 90.5 Å². The first kappa shape index (κ1) is 23.5. The van der Waals surface area contributed by atoms with E-state index in [9.17, 15) is 13.2 Å². The third-order valence-electron chi connectivity index (χ3n) is 4.83. The molecular formula is C24H28BF3N2. The number of imidazole rings is 1. The van der Waals surface area contributed by atoms with Gasteiger partial charge in [0.25, 0.3) is 0 Å². The van der Waals surface area contributed by atoms with Crippen molar-refractivity contribution in [3.8, 4) is 0 Å². The standard InChI is InChI=1S/C17H16BF3.C7H12N2/c19-17(20,21)13-7-8-14-18(15-9-3-1-4-10-15)16-11-5-2-6-12-16;1-3-6-7(4-2)9-5-8-6/h1-7,9-13H,8,14H2;5H,3-4H2,1-2H3,(H,8,9). The number of aromatic nitrogens is 2. The first-order chi connectivity index (χ1) is 14.4. The van der Waals surface area contributed by atoms with Crippen LogP contribution < -0.4 is 10.9 Å². The van der Waals surface area contributed by atoms with Crippen molar-refractivity contribution >= 4 is 17.6 Å². The third-order valence-corrected chi connectivity index (χ3v) is 4.83. The van der Waals surface area contributed by atoms with Crippen molar-refractivity contribution in [2.24, 2.45) is 0 Å². The summed E-state index contributed by atoms with van der Waals surface area (Å²) in [7, 11) is 0. The molecule has 0 spiro atoms. The molecule has 0 aliphatic heterocycles. The lowest BCUT2D eigenvalue weighted by Crippen LogP contribution is -2.41. The van der Waals surface area contributed by atoms with Crippen LogP contribution in [0.15, 0.2) is 79.1 Å². The second-order valence-electron chi connectivity index (χ2n) is 6.93. The molecule has 0 fully saturated rings. The maximum absolute atomic E-state index is 12.1. The Labute approximate surface area is 177 Å². The van der Waals surface area contributed by atoms with E-state index in [1.54, 1.807) is 6.33 Å². The molecule has 2 nitrogen and oxygen atoms in total. The second-order valence-corrected chi connectivity index (χ2v) is 6.93. The maximum Gasteiger partial charge on any atom is 0.409 e. The molecule has 0 aliphatic carbocycles. The highest BCUT2D eigenvalue weighted by Crippen LogP contribution is 2.16. The molecule has 158 valence electrons. The van der Waals surface area contributed by atoms with Gasteiger partial charge in [-0.05, 0) is 19.3 Å². The smallest absolute Gasteiger partial charge is 0.348 e. The van der Waals surface area contributed by atoms with Gasteiger partial charge in [0, 0.05) is 11.8 Å². The van der Waals surface area contributed by atoms with Gasteiger partial charge < -0.3 is 4.98 Å². The van der Waals surface area contributed by atoms with Gasteiger partial charge in [0.15, 0.2) is 0 Å². The number of hydrogen-bond acceptors (Lipinski definition) is 1. The Kier molecular flexibility index (Phi) is 9.45. The Morgan fingerprint density at radius 2 is 1.47 bits per heavy atom. The van der Waals surface area contributed by atoms with Crippen LogP contribution in [-0.2, 0) is 12.8 Å². The van der Waals surface area contributed by atoms with Gasteiger partial charge >= 0.3 is 6.18 Å². The average molecular weight is 412 g/mol. The minimum atomic E-state index is -4.23. The fourth-order valence-corrected chi connectivity index (χ4v) is 3.34. The van der Waals surface area contributed by atoms with E-state index in [0.29, 0.717) is 18.8 Å². The molecule has 0 atom stereocenters. The number of rotatable bonds is 7. The van der Waals surface area contributed by atoms with Crippen LogP contribution >= 0.6 is 0 Å². The molecule has 1 aromatic heterocycles. The zero-order valence-electron chi connectivity index (χ0n) is 17.5. The number of aryl methyl sites for hydroxylation is 2. The van der Waals surface area contributed by atoms with Crippen molar-refractivity contribution in [2.75, 3.05) is 0 Å². The fraction of sp³-hybridized carbons (Fsp3) is 0.292. The molecular weight excluding hydrogens is 384 g/mol. The lowest BCUT2D eigenvalue weighted by molar-refractivity contribution is -0.0800. The largest absolute Gasteiger partial charge is 0.409 e. The zero-order chi connectivity index (χ0) is 21.8. The van der Waals surface area contributed by atoms with Gasteiger partial charge in [-0.1, -0.05) is 97.8 Å². The van der Waals surface area contributed by atoms with E-state index in [4.69, 9.17) is 0 Å². The number of alkyl halides is 3. The molecule has 1 heterocycles. The van der Waals surface area contributed by atoms with Gasteiger partial charge in [-0.3, -0.25) is 0 Å². The van der Waals surface area contributed by atoms with E-state index in [1.807, 2.05) is 60.7 Å². The summed E-state index contributed by atoms with van der Waals surface area (Å²) in [6, 6.07) is 19.8. The van der Waals surface area contributed by atoms with E-state index >= 15 is 0 Å². The summed E-state index contributed by atoms with van der Waals surface area (Å²) in [6.07, 6.45) is 2.20. The number of benzene rings is 2. The SMILES string of the molecule is CCc1nc[nH]c1CC.FC(F)(F)C=CCCB(c1ccccc1)c1ccccc1. The molecule has 30 heavy (non-hydrogen) atoms. The summed E-state index contributed by atoms with van der Waals surface area (Å²) in [5, 5.41) is 0.